The second-order valence-corrected chi connectivity index (χ2v) is 8.12. The molecule has 1 fully saturated rings. The lowest BCUT2D eigenvalue weighted by atomic mass is 9.85. The number of rotatable bonds is 5. The van der Waals surface area contributed by atoms with Gasteiger partial charge in [0.25, 0.3) is 0 Å². The van der Waals surface area contributed by atoms with Crippen LogP contribution in [-0.2, 0) is 0 Å². The highest BCUT2D eigenvalue weighted by Crippen LogP contribution is 2.36. The molecule has 1 heterocycles. The van der Waals surface area contributed by atoms with E-state index in [1.807, 2.05) is 11.3 Å². The van der Waals surface area contributed by atoms with E-state index >= 15 is 0 Å². The first-order valence-corrected chi connectivity index (χ1v) is 9.41. The summed E-state index contributed by atoms with van der Waals surface area (Å²) in [5, 5.41) is 2.17. The second kappa shape index (κ2) is 7.39. The normalized spacial score (nSPS) is 26.7. The SMILES string of the molecule is CCC(N)C(c1cc(Br)cs1)N(C)C1CCC(C)CC1. The number of nitrogens with zero attached hydrogens (tertiary/aromatic N) is 1. The summed E-state index contributed by atoms with van der Waals surface area (Å²) in [4.78, 5) is 3.95. The second-order valence-electron chi connectivity index (χ2n) is 6.26. The zero-order valence-corrected chi connectivity index (χ0v) is 15.2. The smallest absolute Gasteiger partial charge is 0.0593 e. The van der Waals surface area contributed by atoms with Crippen LogP contribution in [0.4, 0.5) is 0 Å². The van der Waals surface area contributed by atoms with E-state index < -0.39 is 0 Å². The van der Waals surface area contributed by atoms with E-state index in [0.717, 1.165) is 12.3 Å². The molecular formula is C16H27BrN2S. The van der Waals surface area contributed by atoms with Gasteiger partial charge in [0.05, 0.1) is 6.04 Å². The first-order valence-electron chi connectivity index (χ1n) is 7.74. The van der Waals surface area contributed by atoms with Crippen molar-refractivity contribution in [2.45, 2.75) is 64.1 Å². The Morgan fingerprint density at radius 3 is 2.55 bits per heavy atom. The van der Waals surface area contributed by atoms with Crippen LogP contribution < -0.4 is 5.73 Å². The molecule has 1 aromatic rings. The third-order valence-electron chi connectivity index (χ3n) is 4.76. The first-order chi connectivity index (χ1) is 9.52. The van der Waals surface area contributed by atoms with Crippen molar-refractivity contribution in [2.75, 3.05) is 7.05 Å². The zero-order chi connectivity index (χ0) is 14.7. The molecule has 2 N–H and O–H groups in total. The van der Waals surface area contributed by atoms with E-state index in [1.54, 1.807) is 0 Å². The summed E-state index contributed by atoms with van der Waals surface area (Å²) in [6, 6.07) is 3.50. The summed E-state index contributed by atoms with van der Waals surface area (Å²) >= 11 is 5.40. The van der Waals surface area contributed by atoms with Crippen molar-refractivity contribution >= 4 is 27.3 Å². The Labute approximate surface area is 135 Å². The van der Waals surface area contributed by atoms with Crippen LogP contribution in [0.3, 0.4) is 0 Å². The third kappa shape index (κ3) is 3.85. The number of likely N-dealkylation sites (N-methyl/N-ethyl adjacent to an activating group) is 1. The van der Waals surface area contributed by atoms with Crippen LogP contribution in [0.15, 0.2) is 15.9 Å². The van der Waals surface area contributed by atoms with E-state index in [1.165, 1.54) is 35.0 Å². The largest absolute Gasteiger partial charge is 0.326 e. The molecule has 0 amide bonds. The molecule has 0 bridgehead atoms. The van der Waals surface area contributed by atoms with Crippen LogP contribution in [0.25, 0.3) is 0 Å². The molecule has 1 aliphatic rings. The highest BCUT2D eigenvalue weighted by molar-refractivity contribution is 9.10. The van der Waals surface area contributed by atoms with Gasteiger partial charge in [-0.1, -0.05) is 13.8 Å². The lowest BCUT2D eigenvalue weighted by Crippen LogP contribution is -2.44. The van der Waals surface area contributed by atoms with Crippen molar-refractivity contribution in [1.29, 1.82) is 0 Å². The summed E-state index contributed by atoms with van der Waals surface area (Å²) in [5.74, 6) is 0.897. The molecule has 0 aliphatic heterocycles. The minimum atomic E-state index is 0.213. The molecule has 2 nitrogen and oxygen atoms in total. The minimum absolute atomic E-state index is 0.213. The molecule has 1 saturated carbocycles. The molecule has 20 heavy (non-hydrogen) atoms. The maximum atomic E-state index is 6.44. The monoisotopic (exact) mass is 358 g/mol. The van der Waals surface area contributed by atoms with Gasteiger partial charge in [0.2, 0.25) is 0 Å². The van der Waals surface area contributed by atoms with Crippen LogP contribution in [-0.4, -0.2) is 24.0 Å². The zero-order valence-electron chi connectivity index (χ0n) is 12.8. The van der Waals surface area contributed by atoms with E-state index in [-0.39, 0.29) is 6.04 Å². The molecule has 0 aromatic carbocycles. The quantitative estimate of drug-likeness (QED) is 0.818. The molecule has 114 valence electrons. The predicted octanol–water partition coefficient (Wildman–Crippen LogP) is 4.80. The topological polar surface area (TPSA) is 29.3 Å². The molecule has 2 rings (SSSR count). The standard InChI is InChI=1S/C16H27BrN2S/c1-4-14(18)16(15-9-12(17)10-20-15)19(3)13-7-5-11(2)6-8-13/h9-11,13-14,16H,4-8,18H2,1-3H3. The first kappa shape index (κ1) is 16.5. The van der Waals surface area contributed by atoms with Gasteiger partial charge in [-0.3, -0.25) is 4.90 Å². The number of hydrogen-bond acceptors (Lipinski definition) is 3. The molecule has 4 heteroatoms. The molecule has 0 saturated heterocycles. The van der Waals surface area contributed by atoms with Gasteiger partial charge in [-0.25, -0.2) is 0 Å². The number of hydrogen-bond donors (Lipinski definition) is 1. The average Bonchev–Trinajstić information content (AvgIpc) is 2.85. The maximum absolute atomic E-state index is 6.44. The van der Waals surface area contributed by atoms with Gasteiger partial charge < -0.3 is 5.73 Å². The Kier molecular flexibility index (Phi) is 6.09. The average molecular weight is 359 g/mol. The number of halogens is 1. The Balaban J connectivity index is 2.14. The van der Waals surface area contributed by atoms with Crippen LogP contribution in [0, 0.1) is 5.92 Å². The molecular weight excluding hydrogens is 332 g/mol. The van der Waals surface area contributed by atoms with Gasteiger partial charge in [0.1, 0.15) is 0 Å². The van der Waals surface area contributed by atoms with Crippen LogP contribution in [0.2, 0.25) is 0 Å². The van der Waals surface area contributed by atoms with E-state index in [0.29, 0.717) is 12.1 Å². The summed E-state index contributed by atoms with van der Waals surface area (Å²) in [7, 11) is 2.27. The van der Waals surface area contributed by atoms with Crippen molar-refractivity contribution in [3.05, 3.63) is 20.8 Å². The Morgan fingerprint density at radius 1 is 1.40 bits per heavy atom. The van der Waals surface area contributed by atoms with Crippen LogP contribution >= 0.6 is 27.3 Å². The molecule has 2 atom stereocenters. The molecule has 1 aliphatic carbocycles. The Morgan fingerprint density at radius 2 is 2.05 bits per heavy atom. The van der Waals surface area contributed by atoms with Crippen molar-refractivity contribution in [1.82, 2.24) is 4.90 Å². The lowest BCUT2D eigenvalue weighted by molar-refractivity contribution is 0.108. The van der Waals surface area contributed by atoms with E-state index in [9.17, 15) is 0 Å². The van der Waals surface area contributed by atoms with Crippen molar-refractivity contribution < 1.29 is 0 Å². The molecule has 1 aromatic heterocycles. The fraction of sp³-hybridized carbons (Fsp3) is 0.750. The summed E-state index contributed by atoms with van der Waals surface area (Å²) < 4.78 is 1.18. The fourth-order valence-electron chi connectivity index (χ4n) is 3.30. The minimum Gasteiger partial charge on any atom is -0.326 e. The van der Waals surface area contributed by atoms with Gasteiger partial charge in [-0.2, -0.15) is 0 Å². The van der Waals surface area contributed by atoms with Crippen molar-refractivity contribution in [2.24, 2.45) is 11.7 Å². The third-order valence-corrected chi connectivity index (χ3v) is 6.52. The van der Waals surface area contributed by atoms with E-state index in [2.05, 4.69) is 53.2 Å². The fourth-order valence-corrected chi connectivity index (χ4v) is 4.97. The van der Waals surface area contributed by atoms with Gasteiger partial charge >= 0.3 is 0 Å². The molecule has 0 spiro atoms. The molecule has 2 unspecified atom stereocenters. The van der Waals surface area contributed by atoms with Crippen LogP contribution in [0.1, 0.15) is 56.9 Å². The van der Waals surface area contributed by atoms with Crippen LogP contribution in [0.5, 0.6) is 0 Å². The highest BCUT2D eigenvalue weighted by Gasteiger charge is 2.31. The molecule has 0 radical (unpaired) electrons. The van der Waals surface area contributed by atoms with Gasteiger partial charge in [0, 0.05) is 26.8 Å². The summed E-state index contributed by atoms with van der Waals surface area (Å²) in [5.41, 5.74) is 6.44. The Hall–Kier alpha value is 0.1000. The predicted molar refractivity (Wildman–Crippen MR) is 92.2 cm³/mol. The van der Waals surface area contributed by atoms with Gasteiger partial charge in [-0.15, -0.1) is 11.3 Å². The maximum Gasteiger partial charge on any atom is 0.0593 e. The Bertz CT molecular complexity index is 412. The number of nitrogens with two attached hydrogens (primary N) is 1. The summed E-state index contributed by atoms with van der Waals surface area (Å²) in [6.07, 6.45) is 6.37. The lowest BCUT2D eigenvalue weighted by Gasteiger charge is -2.40. The number of thiophene rings is 1. The van der Waals surface area contributed by atoms with Crippen molar-refractivity contribution in [3.63, 3.8) is 0 Å². The van der Waals surface area contributed by atoms with Gasteiger partial charge in [-0.05, 0) is 67.1 Å². The van der Waals surface area contributed by atoms with Gasteiger partial charge in [0.15, 0.2) is 0 Å². The van der Waals surface area contributed by atoms with E-state index in [4.69, 9.17) is 5.73 Å². The summed E-state index contributed by atoms with van der Waals surface area (Å²) in [6.45, 7) is 4.57. The highest BCUT2D eigenvalue weighted by atomic mass is 79.9. The van der Waals surface area contributed by atoms with Crippen molar-refractivity contribution in [3.8, 4) is 0 Å².